The van der Waals surface area contributed by atoms with Crippen molar-refractivity contribution < 1.29 is 13.2 Å². The minimum Gasteiger partial charge on any atom is -0.343 e. The Kier molecular flexibility index (Phi) is 7.41. The zero-order valence-electron chi connectivity index (χ0n) is 16.7. The molecular formula is C20H31N3O3S. The maximum absolute atomic E-state index is 12.6. The lowest BCUT2D eigenvalue weighted by Crippen LogP contribution is -2.34. The van der Waals surface area contributed by atoms with Gasteiger partial charge in [0.05, 0.1) is 11.4 Å². The van der Waals surface area contributed by atoms with Crippen LogP contribution < -0.4 is 4.72 Å². The van der Waals surface area contributed by atoms with Crippen LogP contribution in [0.2, 0.25) is 0 Å². The predicted molar refractivity (Wildman–Crippen MR) is 108 cm³/mol. The molecule has 0 saturated carbocycles. The van der Waals surface area contributed by atoms with Crippen molar-refractivity contribution in [2.45, 2.75) is 51.9 Å². The maximum Gasteiger partial charge on any atom is 0.263 e. The average molecular weight is 394 g/mol. The molecule has 0 spiro atoms. The molecule has 0 radical (unpaired) electrons. The van der Waals surface area contributed by atoms with Crippen molar-refractivity contribution >= 4 is 21.8 Å². The molecule has 0 saturated heterocycles. The summed E-state index contributed by atoms with van der Waals surface area (Å²) in [5, 5.41) is 0. The SMILES string of the molecule is CC(C)CCN(CCC(C)C)C(=O)CCN=C1NS(=O)(=O)c2ccccc21. The van der Waals surface area contributed by atoms with Crippen LogP contribution in [0, 0.1) is 11.8 Å². The van der Waals surface area contributed by atoms with E-state index in [1.165, 1.54) is 0 Å². The molecule has 1 aromatic rings. The van der Waals surface area contributed by atoms with Gasteiger partial charge < -0.3 is 4.90 Å². The summed E-state index contributed by atoms with van der Waals surface area (Å²) in [5.74, 6) is 1.50. The van der Waals surface area contributed by atoms with Gasteiger partial charge in [-0.25, -0.2) is 8.42 Å². The smallest absolute Gasteiger partial charge is 0.263 e. The van der Waals surface area contributed by atoms with E-state index in [9.17, 15) is 13.2 Å². The largest absolute Gasteiger partial charge is 0.343 e. The van der Waals surface area contributed by atoms with E-state index < -0.39 is 10.0 Å². The number of benzene rings is 1. The number of amides is 1. The van der Waals surface area contributed by atoms with Crippen molar-refractivity contribution in [2.75, 3.05) is 19.6 Å². The van der Waals surface area contributed by atoms with E-state index in [1.54, 1.807) is 24.3 Å². The van der Waals surface area contributed by atoms with Gasteiger partial charge in [0.1, 0.15) is 5.84 Å². The number of carbonyl (C=O) groups excluding carboxylic acids is 1. The highest BCUT2D eigenvalue weighted by molar-refractivity contribution is 7.90. The lowest BCUT2D eigenvalue weighted by molar-refractivity contribution is -0.131. The third kappa shape index (κ3) is 6.06. The van der Waals surface area contributed by atoms with Gasteiger partial charge in [0, 0.05) is 25.1 Å². The molecule has 7 heteroatoms. The van der Waals surface area contributed by atoms with E-state index in [-0.39, 0.29) is 23.8 Å². The summed E-state index contributed by atoms with van der Waals surface area (Å²) in [7, 11) is -3.53. The van der Waals surface area contributed by atoms with Gasteiger partial charge in [-0.3, -0.25) is 14.5 Å². The Hall–Kier alpha value is -1.89. The van der Waals surface area contributed by atoms with Gasteiger partial charge >= 0.3 is 0 Å². The number of nitrogens with zero attached hydrogens (tertiary/aromatic N) is 2. The first-order valence-corrected chi connectivity index (χ1v) is 11.1. The summed E-state index contributed by atoms with van der Waals surface area (Å²) < 4.78 is 26.7. The number of rotatable bonds is 9. The van der Waals surface area contributed by atoms with E-state index in [2.05, 4.69) is 37.4 Å². The molecule has 1 aromatic carbocycles. The van der Waals surface area contributed by atoms with Gasteiger partial charge in [-0.2, -0.15) is 0 Å². The molecule has 0 bridgehead atoms. The van der Waals surface area contributed by atoms with Crippen molar-refractivity contribution in [3.05, 3.63) is 29.8 Å². The molecule has 1 aliphatic rings. The first-order valence-electron chi connectivity index (χ1n) is 9.65. The van der Waals surface area contributed by atoms with Gasteiger partial charge in [0.15, 0.2) is 0 Å². The number of fused-ring (bicyclic) bond motifs is 1. The van der Waals surface area contributed by atoms with Crippen LogP contribution in [0.4, 0.5) is 0 Å². The van der Waals surface area contributed by atoms with Crippen molar-refractivity contribution in [2.24, 2.45) is 16.8 Å². The van der Waals surface area contributed by atoms with Crippen molar-refractivity contribution in [1.29, 1.82) is 0 Å². The Morgan fingerprint density at radius 2 is 1.67 bits per heavy atom. The topological polar surface area (TPSA) is 78.8 Å². The first-order chi connectivity index (χ1) is 12.7. The number of hydrogen-bond acceptors (Lipinski definition) is 4. The summed E-state index contributed by atoms with van der Waals surface area (Å²) in [4.78, 5) is 19.1. The van der Waals surface area contributed by atoms with E-state index >= 15 is 0 Å². The quantitative estimate of drug-likeness (QED) is 0.700. The molecule has 0 aliphatic carbocycles. The molecule has 150 valence electrons. The average Bonchev–Trinajstić information content (AvgIpc) is 2.85. The highest BCUT2D eigenvalue weighted by Crippen LogP contribution is 2.22. The zero-order chi connectivity index (χ0) is 20.0. The first kappa shape index (κ1) is 21.4. The second-order valence-corrected chi connectivity index (χ2v) is 9.48. The number of nitrogens with one attached hydrogen (secondary N) is 1. The van der Waals surface area contributed by atoms with E-state index in [1.807, 2.05) is 4.90 Å². The summed E-state index contributed by atoms with van der Waals surface area (Å²) in [6, 6.07) is 6.75. The van der Waals surface area contributed by atoms with Crippen LogP contribution in [0.1, 0.15) is 52.5 Å². The lowest BCUT2D eigenvalue weighted by atomic mass is 10.1. The van der Waals surface area contributed by atoms with E-state index in [4.69, 9.17) is 0 Å². The molecule has 0 aromatic heterocycles. The minimum absolute atomic E-state index is 0.0785. The molecule has 1 aliphatic heterocycles. The van der Waals surface area contributed by atoms with Crippen molar-refractivity contribution in [3.8, 4) is 0 Å². The fraction of sp³-hybridized carbons (Fsp3) is 0.600. The molecule has 1 amide bonds. The predicted octanol–water partition coefficient (Wildman–Crippen LogP) is 3.04. The summed E-state index contributed by atoms with van der Waals surface area (Å²) in [6.45, 7) is 10.4. The lowest BCUT2D eigenvalue weighted by Gasteiger charge is -2.24. The van der Waals surface area contributed by atoms with Crippen LogP contribution in [0.15, 0.2) is 34.2 Å². The third-order valence-corrected chi connectivity index (χ3v) is 5.96. The van der Waals surface area contributed by atoms with Crippen molar-refractivity contribution in [3.63, 3.8) is 0 Å². The Balaban J connectivity index is 1.99. The molecule has 1 heterocycles. The molecule has 0 atom stereocenters. The van der Waals surface area contributed by atoms with Gasteiger partial charge in [-0.1, -0.05) is 39.8 Å². The molecule has 27 heavy (non-hydrogen) atoms. The second kappa shape index (κ2) is 9.35. The Bertz CT molecular complexity index is 773. The van der Waals surface area contributed by atoms with Gasteiger partial charge in [-0.15, -0.1) is 0 Å². The second-order valence-electron chi connectivity index (χ2n) is 7.83. The van der Waals surface area contributed by atoms with Gasteiger partial charge in [0.25, 0.3) is 10.0 Å². The summed E-state index contributed by atoms with van der Waals surface area (Å²) >= 11 is 0. The molecule has 6 nitrogen and oxygen atoms in total. The molecular weight excluding hydrogens is 362 g/mol. The Morgan fingerprint density at radius 3 is 2.26 bits per heavy atom. The maximum atomic E-state index is 12.6. The fourth-order valence-electron chi connectivity index (χ4n) is 2.86. The number of aliphatic imine (C=N–C) groups is 1. The van der Waals surface area contributed by atoms with E-state index in [0.717, 1.165) is 25.9 Å². The zero-order valence-corrected chi connectivity index (χ0v) is 17.6. The normalized spacial score (nSPS) is 16.6. The van der Waals surface area contributed by atoms with Gasteiger partial charge in [0.2, 0.25) is 5.91 Å². The Labute approximate surface area is 163 Å². The number of hydrogen-bond donors (Lipinski definition) is 1. The van der Waals surface area contributed by atoms with Crippen molar-refractivity contribution in [1.82, 2.24) is 9.62 Å². The van der Waals surface area contributed by atoms with Crippen LogP contribution in [0.25, 0.3) is 0 Å². The van der Waals surface area contributed by atoms with Crippen LogP contribution in [0.3, 0.4) is 0 Å². The third-order valence-electron chi connectivity index (χ3n) is 4.56. The monoisotopic (exact) mass is 393 g/mol. The molecule has 0 fully saturated rings. The standard InChI is InChI=1S/C20H31N3O3S/c1-15(2)10-13-23(14-11-16(3)4)19(24)9-12-21-20-17-7-5-6-8-18(17)27(25,26)22-20/h5-8,15-16H,9-14H2,1-4H3,(H,21,22). The van der Waals surface area contributed by atoms with Crippen LogP contribution >= 0.6 is 0 Å². The minimum atomic E-state index is -3.53. The van der Waals surface area contributed by atoms with Crippen LogP contribution in [-0.4, -0.2) is 44.7 Å². The van der Waals surface area contributed by atoms with Gasteiger partial charge in [-0.05, 0) is 36.8 Å². The Morgan fingerprint density at radius 1 is 1.07 bits per heavy atom. The number of amidine groups is 1. The molecule has 0 unspecified atom stereocenters. The molecule has 1 N–H and O–H groups in total. The number of sulfonamides is 1. The molecule has 2 rings (SSSR count). The summed E-state index contributed by atoms with van der Waals surface area (Å²) in [6.07, 6.45) is 2.24. The highest BCUT2D eigenvalue weighted by Gasteiger charge is 2.30. The summed E-state index contributed by atoms with van der Waals surface area (Å²) in [5.41, 5.74) is 0.571. The van der Waals surface area contributed by atoms with Crippen LogP contribution in [-0.2, 0) is 14.8 Å². The van der Waals surface area contributed by atoms with Crippen LogP contribution in [0.5, 0.6) is 0 Å². The number of carbonyl (C=O) groups is 1. The fourth-order valence-corrected chi connectivity index (χ4v) is 4.11. The highest BCUT2D eigenvalue weighted by atomic mass is 32.2. The van der Waals surface area contributed by atoms with E-state index in [0.29, 0.717) is 23.2 Å².